The van der Waals surface area contributed by atoms with Gasteiger partial charge in [0.05, 0.1) is 12.3 Å². The van der Waals surface area contributed by atoms with Crippen LogP contribution in [0.3, 0.4) is 0 Å². The minimum absolute atomic E-state index is 0.0916. The molecule has 83 valence electrons. The molecule has 15 heavy (non-hydrogen) atoms. The highest BCUT2D eigenvalue weighted by molar-refractivity contribution is 6.48. The molecule has 0 amide bonds. The van der Waals surface area contributed by atoms with Crippen LogP contribution in [0.5, 0.6) is 0 Å². The average molecular weight is 222 g/mol. The van der Waals surface area contributed by atoms with E-state index in [2.05, 4.69) is 44.9 Å². The molecule has 0 unspecified atom stereocenters. The standard InChI is InChI=1S/C12H20NOSi/c1-12(2,3)11-10(7-6-8-13-11)9-14-15(4)5/h6-8H,9H2,1-5H3. The number of nitrogens with zero attached hydrogens (tertiary/aromatic N) is 1. The van der Waals surface area contributed by atoms with Crippen molar-refractivity contribution in [1.82, 2.24) is 4.98 Å². The Balaban J connectivity index is 2.87. The van der Waals surface area contributed by atoms with Crippen molar-refractivity contribution in [2.75, 3.05) is 0 Å². The second kappa shape index (κ2) is 4.90. The lowest BCUT2D eigenvalue weighted by atomic mass is 9.88. The van der Waals surface area contributed by atoms with E-state index < -0.39 is 9.04 Å². The zero-order valence-electron chi connectivity index (χ0n) is 10.3. The Morgan fingerprint density at radius 3 is 2.53 bits per heavy atom. The number of hydrogen-bond acceptors (Lipinski definition) is 2. The van der Waals surface area contributed by atoms with Gasteiger partial charge in [-0.2, -0.15) is 0 Å². The number of aromatic nitrogens is 1. The van der Waals surface area contributed by atoms with E-state index in [1.165, 1.54) is 5.56 Å². The lowest BCUT2D eigenvalue weighted by Crippen LogP contribution is -2.18. The van der Waals surface area contributed by atoms with Crippen LogP contribution in [-0.2, 0) is 16.4 Å². The average Bonchev–Trinajstić information content (AvgIpc) is 2.13. The van der Waals surface area contributed by atoms with Crippen LogP contribution < -0.4 is 0 Å². The number of hydrogen-bond donors (Lipinski definition) is 0. The van der Waals surface area contributed by atoms with Crippen molar-refractivity contribution in [3.8, 4) is 0 Å². The zero-order chi connectivity index (χ0) is 11.5. The van der Waals surface area contributed by atoms with Crippen molar-refractivity contribution in [2.45, 2.75) is 45.9 Å². The molecule has 1 heterocycles. The minimum Gasteiger partial charge on any atom is -0.413 e. The fourth-order valence-corrected chi connectivity index (χ4v) is 1.90. The van der Waals surface area contributed by atoms with E-state index in [0.717, 1.165) is 5.69 Å². The Morgan fingerprint density at radius 1 is 1.33 bits per heavy atom. The molecule has 0 N–H and O–H groups in total. The normalized spacial score (nSPS) is 12.1. The molecule has 1 aromatic rings. The molecule has 0 atom stereocenters. The first-order chi connectivity index (χ1) is 6.91. The molecule has 1 rings (SSSR count). The monoisotopic (exact) mass is 222 g/mol. The molecule has 0 aliphatic rings. The topological polar surface area (TPSA) is 22.1 Å². The molecule has 1 radical (unpaired) electrons. The molecule has 3 heteroatoms. The van der Waals surface area contributed by atoms with E-state index in [-0.39, 0.29) is 5.41 Å². The molecule has 0 aliphatic carbocycles. The first-order valence-corrected chi connectivity index (χ1v) is 7.69. The molecule has 1 aromatic heterocycles. The van der Waals surface area contributed by atoms with Crippen LogP contribution in [0, 0.1) is 0 Å². The lowest BCUT2D eigenvalue weighted by Gasteiger charge is -2.21. The van der Waals surface area contributed by atoms with Gasteiger partial charge in [0, 0.05) is 11.6 Å². The minimum atomic E-state index is -0.621. The Kier molecular flexibility index (Phi) is 4.05. The molecular weight excluding hydrogens is 202 g/mol. The van der Waals surface area contributed by atoms with E-state index in [1.54, 1.807) is 0 Å². The van der Waals surface area contributed by atoms with Gasteiger partial charge >= 0.3 is 0 Å². The Hall–Kier alpha value is -0.673. The Bertz CT molecular complexity index is 318. The van der Waals surface area contributed by atoms with Crippen LogP contribution >= 0.6 is 0 Å². The van der Waals surface area contributed by atoms with Gasteiger partial charge in [-0.15, -0.1) is 0 Å². The third-order valence-corrected chi connectivity index (χ3v) is 2.84. The van der Waals surface area contributed by atoms with Crippen LogP contribution in [-0.4, -0.2) is 14.0 Å². The predicted octanol–water partition coefficient (Wildman–Crippen LogP) is 3.15. The molecule has 0 saturated heterocycles. The van der Waals surface area contributed by atoms with E-state index in [0.29, 0.717) is 6.61 Å². The summed E-state index contributed by atoms with van der Waals surface area (Å²) in [4.78, 5) is 4.46. The number of rotatable bonds is 3. The lowest BCUT2D eigenvalue weighted by molar-refractivity contribution is 0.309. The summed E-state index contributed by atoms with van der Waals surface area (Å²) in [5, 5.41) is 0. The van der Waals surface area contributed by atoms with Crippen molar-refractivity contribution in [3.05, 3.63) is 29.6 Å². The van der Waals surface area contributed by atoms with Crippen molar-refractivity contribution < 1.29 is 4.43 Å². The summed E-state index contributed by atoms with van der Waals surface area (Å²) in [6, 6.07) is 4.09. The Labute approximate surface area is 94.4 Å². The van der Waals surface area contributed by atoms with Crippen LogP contribution in [0.25, 0.3) is 0 Å². The molecule has 0 saturated carbocycles. The predicted molar refractivity (Wildman–Crippen MR) is 65.2 cm³/mol. The van der Waals surface area contributed by atoms with E-state index >= 15 is 0 Å². The van der Waals surface area contributed by atoms with Crippen LogP contribution in [0.15, 0.2) is 18.3 Å². The highest BCUT2D eigenvalue weighted by Crippen LogP contribution is 2.23. The molecule has 0 spiro atoms. The molecule has 0 fully saturated rings. The van der Waals surface area contributed by atoms with Crippen LogP contribution in [0.2, 0.25) is 13.1 Å². The van der Waals surface area contributed by atoms with Gasteiger partial charge in [-0.05, 0) is 24.7 Å². The van der Waals surface area contributed by atoms with Gasteiger partial charge in [0.25, 0.3) is 0 Å². The maximum Gasteiger partial charge on any atom is 0.205 e. The maximum atomic E-state index is 5.73. The van der Waals surface area contributed by atoms with Gasteiger partial charge in [-0.3, -0.25) is 4.98 Å². The maximum absolute atomic E-state index is 5.73. The third kappa shape index (κ3) is 3.76. The largest absolute Gasteiger partial charge is 0.413 e. The first-order valence-electron chi connectivity index (χ1n) is 5.28. The second-order valence-electron chi connectivity index (χ2n) is 4.96. The summed E-state index contributed by atoms with van der Waals surface area (Å²) >= 11 is 0. The van der Waals surface area contributed by atoms with E-state index in [9.17, 15) is 0 Å². The molecular formula is C12H20NOSi. The zero-order valence-corrected chi connectivity index (χ0v) is 11.3. The van der Waals surface area contributed by atoms with E-state index in [1.807, 2.05) is 12.3 Å². The quantitative estimate of drug-likeness (QED) is 0.733. The van der Waals surface area contributed by atoms with Gasteiger partial charge in [0.15, 0.2) is 0 Å². The fraction of sp³-hybridized carbons (Fsp3) is 0.583. The van der Waals surface area contributed by atoms with Gasteiger partial charge in [-0.1, -0.05) is 26.8 Å². The van der Waals surface area contributed by atoms with E-state index in [4.69, 9.17) is 4.43 Å². The van der Waals surface area contributed by atoms with Crippen LogP contribution in [0.4, 0.5) is 0 Å². The second-order valence-corrected chi connectivity index (χ2v) is 7.06. The summed E-state index contributed by atoms with van der Waals surface area (Å²) in [5.41, 5.74) is 2.46. The SMILES string of the molecule is C[Si](C)OCc1cccnc1C(C)(C)C. The molecule has 0 aliphatic heterocycles. The van der Waals surface area contributed by atoms with Crippen molar-refractivity contribution in [2.24, 2.45) is 0 Å². The number of pyridine rings is 1. The highest BCUT2D eigenvalue weighted by atomic mass is 28.3. The van der Waals surface area contributed by atoms with Gasteiger partial charge in [0.2, 0.25) is 9.04 Å². The fourth-order valence-electron chi connectivity index (χ4n) is 1.45. The smallest absolute Gasteiger partial charge is 0.205 e. The van der Waals surface area contributed by atoms with Gasteiger partial charge in [0.1, 0.15) is 0 Å². The van der Waals surface area contributed by atoms with Gasteiger partial charge < -0.3 is 4.43 Å². The van der Waals surface area contributed by atoms with Crippen LogP contribution in [0.1, 0.15) is 32.0 Å². The molecule has 2 nitrogen and oxygen atoms in total. The summed E-state index contributed by atoms with van der Waals surface area (Å²) in [6.07, 6.45) is 1.85. The summed E-state index contributed by atoms with van der Waals surface area (Å²) in [6.45, 7) is 11.5. The van der Waals surface area contributed by atoms with Crippen molar-refractivity contribution >= 4 is 9.04 Å². The molecule has 0 bridgehead atoms. The summed E-state index contributed by atoms with van der Waals surface area (Å²) < 4.78 is 5.73. The van der Waals surface area contributed by atoms with Crippen molar-refractivity contribution in [3.63, 3.8) is 0 Å². The Morgan fingerprint density at radius 2 is 2.00 bits per heavy atom. The van der Waals surface area contributed by atoms with Crippen molar-refractivity contribution in [1.29, 1.82) is 0 Å². The highest BCUT2D eigenvalue weighted by Gasteiger charge is 2.19. The summed E-state index contributed by atoms with van der Waals surface area (Å²) in [5.74, 6) is 0. The molecule has 0 aromatic carbocycles. The van der Waals surface area contributed by atoms with Gasteiger partial charge in [-0.25, -0.2) is 0 Å². The third-order valence-electron chi connectivity index (χ3n) is 2.12. The first kappa shape index (κ1) is 12.4. The summed E-state index contributed by atoms with van der Waals surface area (Å²) in [7, 11) is -0.621.